The van der Waals surface area contributed by atoms with Gasteiger partial charge in [0, 0.05) is 25.2 Å². The van der Waals surface area contributed by atoms with E-state index in [1.165, 1.54) is 24.1 Å². The summed E-state index contributed by atoms with van der Waals surface area (Å²) in [5.74, 6) is 0.292. The standard InChI is InChI=1S/C24H31N3O6S/c1-5-14-27-22(28)16-26(34(30,31)20-12-10-19(32-3)11-13-20)17-24(27,2)23(29)25-15-18-8-6-7-9-21(18)33-4/h6-13H,5,14-17H2,1-4H3,(H,25,29)/t24-/m0/s1. The topological polar surface area (TPSA) is 105 Å². The normalized spacial score (nSPS) is 19.1. The molecule has 2 aromatic carbocycles. The molecule has 0 saturated carbocycles. The van der Waals surface area contributed by atoms with Gasteiger partial charge in [-0.25, -0.2) is 8.42 Å². The van der Waals surface area contributed by atoms with Crippen molar-refractivity contribution < 1.29 is 27.5 Å². The Morgan fingerprint density at radius 2 is 1.76 bits per heavy atom. The van der Waals surface area contributed by atoms with Gasteiger partial charge < -0.3 is 19.7 Å². The summed E-state index contributed by atoms with van der Waals surface area (Å²) < 4.78 is 38.2. The summed E-state index contributed by atoms with van der Waals surface area (Å²) in [6.45, 7) is 3.54. The van der Waals surface area contributed by atoms with Crippen LogP contribution >= 0.6 is 0 Å². The highest BCUT2D eigenvalue weighted by molar-refractivity contribution is 7.89. The van der Waals surface area contributed by atoms with Crippen molar-refractivity contribution in [3.63, 3.8) is 0 Å². The van der Waals surface area contributed by atoms with E-state index in [4.69, 9.17) is 9.47 Å². The smallest absolute Gasteiger partial charge is 0.247 e. The van der Waals surface area contributed by atoms with Crippen LogP contribution in [0.4, 0.5) is 0 Å². The average molecular weight is 490 g/mol. The molecule has 34 heavy (non-hydrogen) atoms. The van der Waals surface area contributed by atoms with E-state index < -0.39 is 27.4 Å². The van der Waals surface area contributed by atoms with E-state index in [0.29, 0.717) is 24.5 Å². The highest BCUT2D eigenvalue weighted by atomic mass is 32.2. The first-order valence-corrected chi connectivity index (χ1v) is 12.5. The zero-order valence-corrected chi connectivity index (χ0v) is 20.7. The lowest BCUT2D eigenvalue weighted by Gasteiger charge is -2.46. The SMILES string of the molecule is CCCN1C(=O)CN(S(=O)(=O)c2ccc(OC)cc2)C[C@@]1(C)C(=O)NCc1ccccc1OC. The van der Waals surface area contributed by atoms with Crippen molar-refractivity contribution in [1.82, 2.24) is 14.5 Å². The van der Waals surface area contributed by atoms with Gasteiger partial charge in [0.2, 0.25) is 21.8 Å². The Hall–Kier alpha value is -3.11. The highest BCUT2D eigenvalue weighted by Gasteiger charge is 2.50. The molecule has 3 rings (SSSR count). The van der Waals surface area contributed by atoms with Crippen molar-refractivity contribution >= 4 is 21.8 Å². The van der Waals surface area contributed by atoms with Crippen LogP contribution in [0, 0.1) is 0 Å². The van der Waals surface area contributed by atoms with E-state index in [0.717, 1.165) is 9.87 Å². The largest absolute Gasteiger partial charge is 0.497 e. The number of piperazine rings is 1. The van der Waals surface area contributed by atoms with Crippen molar-refractivity contribution in [3.05, 3.63) is 54.1 Å². The third-order valence-electron chi connectivity index (χ3n) is 5.96. The van der Waals surface area contributed by atoms with Gasteiger partial charge in [0.05, 0.1) is 25.7 Å². The summed E-state index contributed by atoms with van der Waals surface area (Å²) >= 11 is 0. The number of carbonyl (C=O) groups excluding carboxylic acids is 2. The van der Waals surface area contributed by atoms with Crippen molar-refractivity contribution in [2.45, 2.75) is 37.2 Å². The first-order chi connectivity index (χ1) is 16.2. The summed E-state index contributed by atoms with van der Waals surface area (Å²) in [4.78, 5) is 28.0. The molecule has 0 spiro atoms. The lowest BCUT2D eigenvalue weighted by molar-refractivity contribution is -0.152. The Kier molecular flexibility index (Phi) is 7.83. The van der Waals surface area contributed by atoms with E-state index in [1.807, 2.05) is 25.1 Å². The third-order valence-corrected chi connectivity index (χ3v) is 7.76. The molecule has 0 aromatic heterocycles. The first kappa shape index (κ1) is 25.5. The van der Waals surface area contributed by atoms with E-state index in [-0.39, 0.29) is 24.5 Å². The lowest BCUT2D eigenvalue weighted by Crippen LogP contribution is -2.69. The molecule has 0 aliphatic carbocycles. The Morgan fingerprint density at radius 3 is 2.38 bits per heavy atom. The Balaban J connectivity index is 1.88. The molecule has 184 valence electrons. The zero-order valence-electron chi connectivity index (χ0n) is 19.9. The van der Waals surface area contributed by atoms with Gasteiger partial charge in [-0.2, -0.15) is 4.31 Å². The number of para-hydroxylation sites is 1. The minimum Gasteiger partial charge on any atom is -0.497 e. The first-order valence-electron chi connectivity index (χ1n) is 11.0. The fourth-order valence-corrected chi connectivity index (χ4v) is 5.55. The molecule has 1 heterocycles. The van der Waals surface area contributed by atoms with Crippen LogP contribution in [0.5, 0.6) is 11.5 Å². The predicted molar refractivity (Wildman–Crippen MR) is 127 cm³/mol. The van der Waals surface area contributed by atoms with Gasteiger partial charge in [-0.3, -0.25) is 9.59 Å². The maximum absolute atomic E-state index is 13.4. The number of hydrogen-bond acceptors (Lipinski definition) is 6. The van der Waals surface area contributed by atoms with Gasteiger partial charge in [-0.15, -0.1) is 0 Å². The minimum atomic E-state index is -4.01. The number of hydrogen-bond donors (Lipinski definition) is 1. The molecule has 0 radical (unpaired) electrons. The van der Waals surface area contributed by atoms with Crippen LogP contribution in [0.3, 0.4) is 0 Å². The van der Waals surface area contributed by atoms with Crippen molar-refractivity contribution in [2.75, 3.05) is 33.9 Å². The molecule has 2 amide bonds. The van der Waals surface area contributed by atoms with Crippen LogP contribution in [0.2, 0.25) is 0 Å². The van der Waals surface area contributed by atoms with Crippen molar-refractivity contribution in [1.29, 1.82) is 0 Å². The van der Waals surface area contributed by atoms with Crippen molar-refractivity contribution in [2.24, 2.45) is 0 Å². The van der Waals surface area contributed by atoms with Crippen molar-refractivity contribution in [3.8, 4) is 11.5 Å². The number of methoxy groups -OCH3 is 2. The molecule has 10 heteroatoms. The molecule has 0 unspecified atom stereocenters. The summed E-state index contributed by atoms with van der Waals surface area (Å²) in [5, 5.41) is 2.87. The monoisotopic (exact) mass is 489 g/mol. The minimum absolute atomic E-state index is 0.0295. The van der Waals surface area contributed by atoms with Gasteiger partial charge in [0.15, 0.2) is 0 Å². The maximum Gasteiger partial charge on any atom is 0.247 e. The number of nitrogens with one attached hydrogen (secondary N) is 1. The molecular weight excluding hydrogens is 458 g/mol. The number of nitrogens with zero attached hydrogens (tertiary/aromatic N) is 2. The lowest BCUT2D eigenvalue weighted by atomic mass is 9.95. The second kappa shape index (κ2) is 10.4. The summed E-state index contributed by atoms with van der Waals surface area (Å²) in [5.41, 5.74) is -0.610. The summed E-state index contributed by atoms with van der Waals surface area (Å²) in [7, 11) is -0.972. The van der Waals surface area contributed by atoms with Crippen LogP contribution in [0.15, 0.2) is 53.4 Å². The summed E-state index contributed by atoms with van der Waals surface area (Å²) in [6, 6.07) is 13.2. The second-order valence-corrected chi connectivity index (χ2v) is 10.2. The number of rotatable bonds is 9. The maximum atomic E-state index is 13.4. The molecule has 2 aromatic rings. The van der Waals surface area contributed by atoms with E-state index in [9.17, 15) is 18.0 Å². The van der Waals surface area contributed by atoms with Gasteiger partial charge >= 0.3 is 0 Å². The van der Waals surface area contributed by atoms with Crippen LogP contribution in [0.25, 0.3) is 0 Å². The van der Waals surface area contributed by atoms with Crippen LogP contribution in [-0.4, -0.2) is 68.8 Å². The number of sulfonamides is 1. The summed E-state index contributed by atoms with van der Waals surface area (Å²) in [6.07, 6.45) is 0.631. The fourth-order valence-electron chi connectivity index (χ4n) is 4.07. The fraction of sp³-hybridized carbons (Fsp3) is 0.417. The second-order valence-electron chi connectivity index (χ2n) is 8.26. The van der Waals surface area contributed by atoms with Gasteiger partial charge in [-0.1, -0.05) is 25.1 Å². The predicted octanol–water partition coefficient (Wildman–Crippen LogP) is 2.02. The van der Waals surface area contributed by atoms with Gasteiger partial charge in [0.1, 0.15) is 17.0 Å². The average Bonchev–Trinajstić information content (AvgIpc) is 2.84. The number of amides is 2. The van der Waals surface area contributed by atoms with Crippen LogP contribution in [0.1, 0.15) is 25.8 Å². The number of ether oxygens (including phenoxy) is 2. The molecule has 1 saturated heterocycles. The Morgan fingerprint density at radius 1 is 1.09 bits per heavy atom. The molecular formula is C24H31N3O6S. The quantitative estimate of drug-likeness (QED) is 0.578. The third kappa shape index (κ3) is 5.02. The Labute approximate surface area is 200 Å². The molecule has 1 aliphatic heterocycles. The molecule has 1 aliphatic rings. The zero-order chi connectivity index (χ0) is 24.9. The molecule has 1 atom stereocenters. The molecule has 0 bridgehead atoms. The van der Waals surface area contributed by atoms with Gasteiger partial charge in [0.25, 0.3) is 0 Å². The van der Waals surface area contributed by atoms with Gasteiger partial charge in [-0.05, 0) is 43.7 Å². The highest BCUT2D eigenvalue weighted by Crippen LogP contribution is 2.29. The van der Waals surface area contributed by atoms with E-state index in [2.05, 4.69) is 5.32 Å². The van der Waals surface area contributed by atoms with E-state index >= 15 is 0 Å². The number of benzene rings is 2. The Bertz CT molecular complexity index is 1140. The molecule has 1 fully saturated rings. The number of carbonyl (C=O) groups is 2. The molecule has 9 nitrogen and oxygen atoms in total. The van der Waals surface area contributed by atoms with E-state index in [1.54, 1.807) is 32.2 Å². The van der Waals surface area contributed by atoms with Crippen LogP contribution < -0.4 is 14.8 Å². The van der Waals surface area contributed by atoms with Crippen LogP contribution in [-0.2, 0) is 26.2 Å². The molecule has 1 N–H and O–H groups in total.